The highest BCUT2D eigenvalue weighted by molar-refractivity contribution is 7.87. The van der Waals surface area contributed by atoms with Crippen molar-refractivity contribution in [3.63, 3.8) is 0 Å². The van der Waals surface area contributed by atoms with Crippen LogP contribution in [0.1, 0.15) is 17.4 Å². The summed E-state index contributed by atoms with van der Waals surface area (Å²) >= 11 is 0. The molecular formula is C12H15N3O3S. The average molecular weight is 281 g/mol. The van der Waals surface area contributed by atoms with Crippen LogP contribution in [-0.4, -0.2) is 41.1 Å². The Kier molecular flexibility index (Phi) is 3.70. The summed E-state index contributed by atoms with van der Waals surface area (Å²) < 4.78 is 26.0. The largest absolute Gasteiger partial charge is 0.382 e. The summed E-state index contributed by atoms with van der Waals surface area (Å²) in [5, 5.41) is 14.0. The lowest BCUT2D eigenvalue weighted by Crippen LogP contribution is -2.31. The molecule has 0 radical (unpaired) electrons. The topological polar surface area (TPSA) is 75.4 Å². The molecule has 102 valence electrons. The van der Waals surface area contributed by atoms with Crippen molar-refractivity contribution >= 4 is 10.2 Å². The van der Waals surface area contributed by atoms with Crippen LogP contribution in [-0.2, 0) is 10.2 Å². The number of benzene rings is 1. The SMILES string of the molecule is CN(C)S(=O)(=O)n1nccc1C(O)c1ccccc1. The van der Waals surface area contributed by atoms with Gasteiger partial charge in [-0.25, -0.2) is 0 Å². The van der Waals surface area contributed by atoms with Crippen LogP contribution in [0, 0.1) is 0 Å². The zero-order chi connectivity index (χ0) is 14.0. The first-order chi connectivity index (χ1) is 8.94. The van der Waals surface area contributed by atoms with E-state index < -0.39 is 16.3 Å². The highest BCUT2D eigenvalue weighted by atomic mass is 32.2. The molecule has 0 amide bonds. The zero-order valence-electron chi connectivity index (χ0n) is 10.6. The first kappa shape index (κ1) is 13.7. The van der Waals surface area contributed by atoms with Crippen molar-refractivity contribution in [2.75, 3.05) is 14.1 Å². The van der Waals surface area contributed by atoms with Gasteiger partial charge < -0.3 is 5.11 Å². The monoisotopic (exact) mass is 281 g/mol. The zero-order valence-corrected chi connectivity index (χ0v) is 11.4. The number of rotatable bonds is 4. The van der Waals surface area contributed by atoms with Crippen molar-refractivity contribution in [1.29, 1.82) is 0 Å². The van der Waals surface area contributed by atoms with Gasteiger partial charge in [0.05, 0.1) is 11.9 Å². The van der Waals surface area contributed by atoms with E-state index in [4.69, 9.17) is 0 Å². The summed E-state index contributed by atoms with van der Waals surface area (Å²) in [5.41, 5.74) is 0.818. The third-order valence-corrected chi connectivity index (χ3v) is 4.38. The second-order valence-corrected chi connectivity index (χ2v) is 6.17. The number of hydrogen-bond donors (Lipinski definition) is 1. The van der Waals surface area contributed by atoms with Crippen molar-refractivity contribution in [2.45, 2.75) is 6.10 Å². The Morgan fingerprint density at radius 1 is 1.21 bits per heavy atom. The Hall–Kier alpha value is -1.70. The molecule has 0 fully saturated rings. The van der Waals surface area contributed by atoms with Gasteiger partial charge in [0.1, 0.15) is 6.10 Å². The summed E-state index contributed by atoms with van der Waals surface area (Å²) in [4.78, 5) is 0. The molecule has 0 aliphatic heterocycles. The molecule has 0 aliphatic carbocycles. The number of nitrogens with zero attached hydrogens (tertiary/aromatic N) is 3. The molecule has 0 aliphatic rings. The van der Waals surface area contributed by atoms with E-state index >= 15 is 0 Å². The molecule has 1 heterocycles. The van der Waals surface area contributed by atoms with E-state index in [1.54, 1.807) is 24.3 Å². The summed E-state index contributed by atoms with van der Waals surface area (Å²) in [6.45, 7) is 0. The van der Waals surface area contributed by atoms with Gasteiger partial charge in [-0.2, -0.15) is 17.8 Å². The van der Waals surface area contributed by atoms with Crippen LogP contribution in [0.5, 0.6) is 0 Å². The Labute approximate surface area is 112 Å². The molecule has 0 bridgehead atoms. The van der Waals surface area contributed by atoms with Crippen LogP contribution < -0.4 is 0 Å². The Bertz CT molecular complexity index is 650. The third kappa shape index (κ3) is 2.53. The van der Waals surface area contributed by atoms with E-state index in [1.165, 1.54) is 26.4 Å². The van der Waals surface area contributed by atoms with Crippen molar-refractivity contribution in [1.82, 2.24) is 13.5 Å². The van der Waals surface area contributed by atoms with Gasteiger partial charge in [-0.1, -0.05) is 30.3 Å². The molecule has 0 spiro atoms. The number of aromatic nitrogens is 2. The summed E-state index contributed by atoms with van der Waals surface area (Å²) in [7, 11) is -0.914. The minimum atomic E-state index is -3.74. The predicted octanol–water partition coefficient (Wildman–Crippen LogP) is 0.619. The molecule has 1 unspecified atom stereocenters. The van der Waals surface area contributed by atoms with Crippen LogP contribution in [0.3, 0.4) is 0 Å². The van der Waals surface area contributed by atoms with Crippen molar-refractivity contribution in [3.8, 4) is 0 Å². The van der Waals surface area contributed by atoms with Gasteiger partial charge in [-0.05, 0) is 11.6 Å². The standard InChI is InChI=1S/C12H15N3O3S/c1-14(2)19(17,18)15-11(8-9-13-15)12(16)10-6-4-3-5-7-10/h3-9,12,16H,1-2H3. The van der Waals surface area contributed by atoms with E-state index in [-0.39, 0.29) is 5.69 Å². The second kappa shape index (κ2) is 5.12. The highest BCUT2D eigenvalue weighted by Gasteiger charge is 2.24. The van der Waals surface area contributed by atoms with Crippen LogP contribution >= 0.6 is 0 Å². The van der Waals surface area contributed by atoms with Crippen molar-refractivity contribution in [2.24, 2.45) is 0 Å². The minimum Gasteiger partial charge on any atom is -0.382 e. The van der Waals surface area contributed by atoms with Gasteiger partial charge >= 0.3 is 10.2 Å². The summed E-state index contributed by atoms with van der Waals surface area (Å²) in [6.07, 6.45) is 0.307. The molecule has 0 saturated heterocycles. The minimum absolute atomic E-state index is 0.208. The van der Waals surface area contributed by atoms with Gasteiger partial charge in [0.15, 0.2) is 0 Å². The van der Waals surface area contributed by atoms with E-state index in [0.717, 1.165) is 8.39 Å². The Morgan fingerprint density at radius 2 is 1.84 bits per heavy atom. The smallest absolute Gasteiger partial charge is 0.322 e. The number of aliphatic hydroxyl groups excluding tert-OH is 1. The lowest BCUT2D eigenvalue weighted by atomic mass is 10.1. The molecule has 1 atom stereocenters. The maximum atomic E-state index is 12.1. The van der Waals surface area contributed by atoms with E-state index in [1.807, 2.05) is 6.07 Å². The highest BCUT2D eigenvalue weighted by Crippen LogP contribution is 2.22. The molecule has 1 aromatic heterocycles. The van der Waals surface area contributed by atoms with Gasteiger partial charge in [-0.15, -0.1) is 4.09 Å². The number of aliphatic hydroxyl groups is 1. The second-order valence-electron chi connectivity index (χ2n) is 4.20. The molecule has 7 heteroatoms. The maximum absolute atomic E-state index is 12.1. The molecule has 1 N–H and O–H groups in total. The lowest BCUT2D eigenvalue weighted by Gasteiger charge is -2.16. The normalized spacial score (nSPS) is 13.7. The van der Waals surface area contributed by atoms with Crippen molar-refractivity contribution in [3.05, 3.63) is 53.9 Å². The van der Waals surface area contributed by atoms with Crippen LogP contribution in [0.15, 0.2) is 42.6 Å². The molecule has 6 nitrogen and oxygen atoms in total. The van der Waals surface area contributed by atoms with Crippen LogP contribution in [0.2, 0.25) is 0 Å². The Morgan fingerprint density at radius 3 is 2.42 bits per heavy atom. The number of hydrogen-bond acceptors (Lipinski definition) is 4. The van der Waals surface area contributed by atoms with E-state index in [9.17, 15) is 13.5 Å². The van der Waals surface area contributed by atoms with Gasteiger partial charge in [0.25, 0.3) is 0 Å². The predicted molar refractivity (Wildman–Crippen MR) is 70.7 cm³/mol. The fraction of sp³-hybridized carbons (Fsp3) is 0.250. The maximum Gasteiger partial charge on any atom is 0.322 e. The van der Waals surface area contributed by atoms with Gasteiger partial charge in [0.2, 0.25) is 0 Å². The van der Waals surface area contributed by atoms with Gasteiger partial charge in [0, 0.05) is 14.1 Å². The molecule has 2 aromatic rings. The quantitative estimate of drug-likeness (QED) is 0.891. The fourth-order valence-electron chi connectivity index (χ4n) is 1.65. The lowest BCUT2D eigenvalue weighted by molar-refractivity contribution is 0.213. The molecule has 0 saturated carbocycles. The first-order valence-electron chi connectivity index (χ1n) is 5.64. The van der Waals surface area contributed by atoms with Crippen LogP contribution in [0.25, 0.3) is 0 Å². The third-order valence-electron chi connectivity index (χ3n) is 2.71. The molecule has 1 aromatic carbocycles. The average Bonchev–Trinajstić information content (AvgIpc) is 2.88. The van der Waals surface area contributed by atoms with Gasteiger partial charge in [-0.3, -0.25) is 0 Å². The van der Waals surface area contributed by atoms with Crippen LogP contribution in [0.4, 0.5) is 0 Å². The van der Waals surface area contributed by atoms with Crippen molar-refractivity contribution < 1.29 is 13.5 Å². The Balaban J connectivity index is 2.47. The summed E-state index contributed by atoms with van der Waals surface area (Å²) in [5.74, 6) is 0. The summed E-state index contributed by atoms with van der Waals surface area (Å²) in [6, 6.07) is 10.3. The fourth-order valence-corrected chi connectivity index (χ4v) is 2.56. The molecule has 2 rings (SSSR count). The molecular weight excluding hydrogens is 266 g/mol. The van der Waals surface area contributed by atoms with E-state index in [0.29, 0.717) is 5.56 Å². The first-order valence-corrected chi connectivity index (χ1v) is 7.04. The van der Waals surface area contributed by atoms with E-state index in [2.05, 4.69) is 5.10 Å². The molecule has 19 heavy (non-hydrogen) atoms.